The molecule has 4 heteroatoms. The van der Waals surface area contributed by atoms with E-state index in [4.69, 9.17) is 11.5 Å². The third-order valence-corrected chi connectivity index (χ3v) is 2.68. The third-order valence-electron chi connectivity index (χ3n) is 1.80. The molecule has 1 aromatic heterocycles. The van der Waals surface area contributed by atoms with Crippen molar-refractivity contribution in [1.29, 1.82) is 0 Å². The monoisotopic (exact) mass is 180 g/mol. The molecule has 62 valence electrons. The van der Waals surface area contributed by atoms with E-state index in [2.05, 4.69) is 4.98 Å². The molecule has 0 unspecified atom stereocenters. The lowest BCUT2D eigenvalue weighted by Crippen LogP contribution is -2.08. The molecule has 0 amide bonds. The standard InChI is InChI=1S/C8H9N3S/c9-4-5-2-1-3-6-7(5)11-8(10)12-6/h1-3H,4,9H2,(H2,10,11)/p+1. The van der Waals surface area contributed by atoms with Crippen molar-refractivity contribution in [1.82, 2.24) is 0 Å². The van der Waals surface area contributed by atoms with Gasteiger partial charge in [0.25, 0.3) is 0 Å². The normalized spacial score (nSPS) is 10.8. The smallest absolute Gasteiger partial charge is 0.326 e. The Balaban J connectivity index is 2.78. The molecule has 3 nitrogen and oxygen atoms in total. The van der Waals surface area contributed by atoms with Crippen LogP contribution in [0.3, 0.4) is 0 Å². The minimum absolute atomic E-state index is 0.546. The molecular weight excluding hydrogens is 170 g/mol. The van der Waals surface area contributed by atoms with Crippen LogP contribution in [0.4, 0.5) is 5.13 Å². The molecule has 2 rings (SSSR count). The lowest BCUT2D eigenvalue weighted by molar-refractivity contribution is -0.321. The number of fused-ring (bicyclic) bond motifs is 1. The van der Waals surface area contributed by atoms with E-state index in [1.165, 1.54) is 0 Å². The number of para-hydroxylation sites is 1. The average molecular weight is 180 g/mol. The van der Waals surface area contributed by atoms with Crippen LogP contribution in [0, 0.1) is 0 Å². The largest absolute Gasteiger partial charge is 0.330 e. The Bertz CT molecular complexity index is 408. The van der Waals surface area contributed by atoms with E-state index < -0.39 is 0 Å². The first-order chi connectivity index (χ1) is 5.81. The van der Waals surface area contributed by atoms with Gasteiger partial charge in [0.15, 0.2) is 0 Å². The minimum atomic E-state index is 0.546. The lowest BCUT2D eigenvalue weighted by Gasteiger charge is -1.93. The predicted molar refractivity (Wildman–Crippen MR) is 50.7 cm³/mol. The van der Waals surface area contributed by atoms with Gasteiger partial charge in [-0.25, -0.2) is 4.98 Å². The number of nitrogen functional groups attached to an aromatic ring is 1. The SMILES string of the molecule is NCc1cccc2sc(N)[nH+]c12. The second kappa shape index (κ2) is 2.73. The van der Waals surface area contributed by atoms with Gasteiger partial charge in [-0.3, -0.25) is 5.73 Å². The van der Waals surface area contributed by atoms with Crippen LogP contribution < -0.4 is 16.5 Å². The van der Waals surface area contributed by atoms with Crippen LogP contribution in [0.15, 0.2) is 18.2 Å². The number of anilines is 1. The fourth-order valence-electron chi connectivity index (χ4n) is 1.24. The van der Waals surface area contributed by atoms with E-state index in [1.54, 1.807) is 11.3 Å². The second-order valence-corrected chi connectivity index (χ2v) is 3.67. The number of benzene rings is 1. The molecule has 0 spiro atoms. The van der Waals surface area contributed by atoms with Gasteiger partial charge in [0, 0.05) is 12.1 Å². The molecular formula is C8H10N3S+. The van der Waals surface area contributed by atoms with Crippen LogP contribution in [0.5, 0.6) is 0 Å². The van der Waals surface area contributed by atoms with E-state index in [-0.39, 0.29) is 0 Å². The number of rotatable bonds is 1. The Morgan fingerprint density at radius 3 is 3.00 bits per heavy atom. The number of thiazole rings is 1. The van der Waals surface area contributed by atoms with Crippen molar-refractivity contribution < 1.29 is 4.98 Å². The molecule has 2 aromatic rings. The fraction of sp³-hybridized carbons (Fsp3) is 0.125. The molecule has 1 heterocycles. The van der Waals surface area contributed by atoms with Gasteiger partial charge in [-0.2, -0.15) is 0 Å². The Hall–Kier alpha value is -1.13. The highest BCUT2D eigenvalue weighted by Crippen LogP contribution is 2.21. The summed E-state index contributed by atoms with van der Waals surface area (Å²) < 4.78 is 1.16. The highest BCUT2D eigenvalue weighted by molar-refractivity contribution is 7.21. The Kier molecular flexibility index (Phi) is 1.71. The van der Waals surface area contributed by atoms with E-state index in [0.29, 0.717) is 6.54 Å². The minimum Gasteiger partial charge on any atom is -0.326 e. The molecule has 0 saturated carbocycles. The first-order valence-electron chi connectivity index (χ1n) is 3.70. The zero-order valence-electron chi connectivity index (χ0n) is 6.50. The molecule has 12 heavy (non-hydrogen) atoms. The van der Waals surface area contributed by atoms with Crippen LogP contribution in [0.1, 0.15) is 5.56 Å². The topological polar surface area (TPSA) is 66.2 Å². The van der Waals surface area contributed by atoms with Gasteiger partial charge in [-0.05, 0) is 17.4 Å². The van der Waals surface area contributed by atoms with Crippen molar-refractivity contribution >= 4 is 26.7 Å². The molecule has 0 bridgehead atoms. The predicted octanol–water partition coefficient (Wildman–Crippen LogP) is 0.756. The lowest BCUT2D eigenvalue weighted by atomic mass is 10.2. The number of nitrogens with one attached hydrogen (secondary N) is 1. The Labute approximate surface area is 74.0 Å². The van der Waals surface area contributed by atoms with Gasteiger partial charge in [-0.1, -0.05) is 12.1 Å². The summed E-state index contributed by atoms with van der Waals surface area (Å²) in [6.45, 7) is 0.546. The van der Waals surface area contributed by atoms with E-state index >= 15 is 0 Å². The molecule has 0 fully saturated rings. The van der Waals surface area contributed by atoms with Crippen molar-refractivity contribution in [2.75, 3.05) is 5.73 Å². The van der Waals surface area contributed by atoms with Crippen molar-refractivity contribution in [3.05, 3.63) is 23.8 Å². The van der Waals surface area contributed by atoms with Crippen LogP contribution in [-0.4, -0.2) is 0 Å². The Morgan fingerprint density at radius 1 is 1.42 bits per heavy atom. The van der Waals surface area contributed by atoms with Gasteiger partial charge in [0.1, 0.15) is 5.52 Å². The quantitative estimate of drug-likeness (QED) is 0.680. The molecule has 0 aliphatic rings. The molecule has 5 N–H and O–H groups in total. The average Bonchev–Trinajstić information content (AvgIpc) is 2.44. The van der Waals surface area contributed by atoms with Gasteiger partial charge in [0.05, 0.1) is 4.70 Å². The van der Waals surface area contributed by atoms with E-state index in [9.17, 15) is 0 Å². The number of hydrogen-bond donors (Lipinski definition) is 2. The van der Waals surface area contributed by atoms with Crippen molar-refractivity contribution in [3.63, 3.8) is 0 Å². The van der Waals surface area contributed by atoms with Crippen molar-refractivity contribution in [2.24, 2.45) is 5.73 Å². The molecule has 0 radical (unpaired) electrons. The zero-order valence-corrected chi connectivity index (χ0v) is 7.32. The summed E-state index contributed by atoms with van der Waals surface area (Å²) in [5.74, 6) is 0. The highest BCUT2D eigenvalue weighted by Gasteiger charge is 2.07. The van der Waals surface area contributed by atoms with Gasteiger partial charge < -0.3 is 5.73 Å². The van der Waals surface area contributed by atoms with Crippen LogP contribution in [-0.2, 0) is 6.54 Å². The summed E-state index contributed by atoms with van der Waals surface area (Å²) in [6, 6.07) is 6.03. The molecule has 0 saturated heterocycles. The maximum atomic E-state index is 5.64. The second-order valence-electron chi connectivity index (χ2n) is 2.59. The maximum Gasteiger partial charge on any atom is 0.330 e. The van der Waals surface area contributed by atoms with Crippen molar-refractivity contribution in [3.8, 4) is 0 Å². The first-order valence-corrected chi connectivity index (χ1v) is 4.52. The zero-order chi connectivity index (χ0) is 8.55. The molecule has 0 aliphatic heterocycles. The van der Waals surface area contributed by atoms with Gasteiger partial charge in [-0.15, -0.1) is 0 Å². The number of hydrogen-bond acceptors (Lipinski definition) is 3. The number of H-pyrrole nitrogens is 1. The number of aromatic amines is 1. The molecule has 0 aliphatic carbocycles. The van der Waals surface area contributed by atoms with Crippen LogP contribution in [0.25, 0.3) is 10.2 Å². The number of aromatic nitrogens is 1. The fourth-order valence-corrected chi connectivity index (χ4v) is 2.06. The summed E-state index contributed by atoms with van der Waals surface area (Å²) >= 11 is 1.55. The first kappa shape index (κ1) is 7.52. The third kappa shape index (κ3) is 1.05. The summed E-state index contributed by atoms with van der Waals surface area (Å²) in [6.07, 6.45) is 0. The molecule has 1 aromatic carbocycles. The van der Waals surface area contributed by atoms with Crippen LogP contribution in [0.2, 0.25) is 0 Å². The number of nitrogens with two attached hydrogens (primary N) is 2. The van der Waals surface area contributed by atoms with Crippen molar-refractivity contribution in [2.45, 2.75) is 6.54 Å². The van der Waals surface area contributed by atoms with E-state index in [1.807, 2.05) is 18.2 Å². The maximum absolute atomic E-state index is 5.64. The summed E-state index contributed by atoms with van der Waals surface area (Å²) in [5, 5.41) is 0.728. The van der Waals surface area contributed by atoms with Gasteiger partial charge in [0.2, 0.25) is 0 Å². The van der Waals surface area contributed by atoms with Crippen LogP contribution >= 0.6 is 11.3 Å². The highest BCUT2D eigenvalue weighted by atomic mass is 32.1. The summed E-state index contributed by atoms with van der Waals surface area (Å²) in [4.78, 5) is 3.09. The van der Waals surface area contributed by atoms with E-state index in [0.717, 1.165) is 20.9 Å². The molecule has 0 atom stereocenters. The summed E-state index contributed by atoms with van der Waals surface area (Å²) in [5.41, 5.74) is 13.4. The Morgan fingerprint density at radius 2 is 2.25 bits per heavy atom. The van der Waals surface area contributed by atoms with Gasteiger partial charge >= 0.3 is 5.13 Å². The summed E-state index contributed by atoms with van der Waals surface area (Å²) in [7, 11) is 0.